The van der Waals surface area contributed by atoms with Gasteiger partial charge in [-0.05, 0) is 19.9 Å². The number of hydrazine groups is 1. The maximum Gasteiger partial charge on any atom is 0.128 e. The van der Waals surface area contributed by atoms with Gasteiger partial charge in [0, 0.05) is 12.7 Å². The monoisotopic (exact) mass is 212 g/mol. The predicted molar refractivity (Wildman–Crippen MR) is 57.6 cm³/mol. The standard InChI is InChI=1S/C11H17FN2O/c1-11(2,15-3)10(14-13)8-6-4-5-7-9(8)12/h4-7,10,14H,13H2,1-3H3. The molecule has 0 aliphatic heterocycles. The first-order valence-electron chi connectivity index (χ1n) is 4.78. The Bertz CT molecular complexity index is 328. The fourth-order valence-corrected chi connectivity index (χ4v) is 1.49. The van der Waals surface area contributed by atoms with E-state index >= 15 is 0 Å². The fourth-order valence-electron chi connectivity index (χ4n) is 1.49. The minimum Gasteiger partial charge on any atom is -0.377 e. The lowest BCUT2D eigenvalue weighted by atomic mass is 9.92. The summed E-state index contributed by atoms with van der Waals surface area (Å²) < 4.78 is 18.8. The van der Waals surface area contributed by atoms with Gasteiger partial charge < -0.3 is 4.74 Å². The minimum absolute atomic E-state index is 0.287. The summed E-state index contributed by atoms with van der Waals surface area (Å²) in [6.45, 7) is 3.70. The van der Waals surface area contributed by atoms with Crippen LogP contribution in [0.3, 0.4) is 0 Å². The third kappa shape index (κ3) is 2.53. The normalized spacial score (nSPS) is 13.9. The van der Waals surface area contributed by atoms with Crippen molar-refractivity contribution < 1.29 is 9.13 Å². The Morgan fingerprint density at radius 2 is 2.00 bits per heavy atom. The van der Waals surface area contributed by atoms with Crippen molar-refractivity contribution in [3.8, 4) is 0 Å². The highest BCUT2D eigenvalue weighted by Crippen LogP contribution is 2.29. The molecule has 1 rings (SSSR count). The quantitative estimate of drug-likeness (QED) is 0.590. The molecule has 0 radical (unpaired) electrons. The van der Waals surface area contributed by atoms with Crippen LogP contribution in [0.15, 0.2) is 24.3 Å². The van der Waals surface area contributed by atoms with Gasteiger partial charge in [-0.2, -0.15) is 0 Å². The second-order valence-electron chi connectivity index (χ2n) is 3.93. The molecule has 0 saturated heterocycles. The number of benzene rings is 1. The Hall–Kier alpha value is -0.970. The van der Waals surface area contributed by atoms with Crippen molar-refractivity contribution in [2.24, 2.45) is 5.84 Å². The van der Waals surface area contributed by atoms with E-state index in [1.54, 1.807) is 25.3 Å². The van der Waals surface area contributed by atoms with E-state index in [1.807, 2.05) is 13.8 Å². The molecule has 4 heteroatoms. The fraction of sp³-hybridized carbons (Fsp3) is 0.455. The lowest BCUT2D eigenvalue weighted by Crippen LogP contribution is -2.44. The van der Waals surface area contributed by atoms with Crippen molar-refractivity contribution in [1.82, 2.24) is 5.43 Å². The molecule has 1 unspecified atom stereocenters. The predicted octanol–water partition coefficient (Wildman–Crippen LogP) is 1.76. The molecular weight excluding hydrogens is 195 g/mol. The van der Waals surface area contributed by atoms with Crippen molar-refractivity contribution in [2.75, 3.05) is 7.11 Å². The van der Waals surface area contributed by atoms with Gasteiger partial charge in [-0.15, -0.1) is 0 Å². The molecule has 3 N–H and O–H groups in total. The Morgan fingerprint density at radius 1 is 1.40 bits per heavy atom. The lowest BCUT2D eigenvalue weighted by Gasteiger charge is -2.32. The maximum absolute atomic E-state index is 13.5. The van der Waals surface area contributed by atoms with Crippen LogP contribution in [0.2, 0.25) is 0 Å². The summed E-state index contributed by atoms with van der Waals surface area (Å²) in [5.74, 6) is 5.15. The van der Waals surface area contributed by atoms with Crippen LogP contribution in [0.1, 0.15) is 25.5 Å². The van der Waals surface area contributed by atoms with Gasteiger partial charge >= 0.3 is 0 Å². The summed E-state index contributed by atoms with van der Waals surface area (Å²) >= 11 is 0. The van der Waals surface area contributed by atoms with Gasteiger partial charge in [-0.25, -0.2) is 9.82 Å². The van der Waals surface area contributed by atoms with E-state index in [0.29, 0.717) is 5.56 Å². The SMILES string of the molecule is COC(C)(C)C(NN)c1ccccc1F. The average molecular weight is 212 g/mol. The van der Waals surface area contributed by atoms with Crippen LogP contribution in [-0.2, 0) is 4.74 Å². The summed E-state index contributed by atoms with van der Waals surface area (Å²) in [6.07, 6.45) is 0. The van der Waals surface area contributed by atoms with Crippen molar-refractivity contribution in [1.29, 1.82) is 0 Å². The molecule has 1 aromatic rings. The molecule has 0 heterocycles. The molecule has 0 aromatic heterocycles. The number of nitrogens with one attached hydrogen (secondary N) is 1. The lowest BCUT2D eigenvalue weighted by molar-refractivity contribution is -0.0121. The van der Waals surface area contributed by atoms with Gasteiger partial charge in [-0.1, -0.05) is 18.2 Å². The number of halogens is 1. The maximum atomic E-state index is 13.5. The zero-order valence-electron chi connectivity index (χ0n) is 9.25. The highest BCUT2D eigenvalue weighted by atomic mass is 19.1. The van der Waals surface area contributed by atoms with Crippen LogP contribution in [0.4, 0.5) is 4.39 Å². The van der Waals surface area contributed by atoms with E-state index in [-0.39, 0.29) is 11.9 Å². The van der Waals surface area contributed by atoms with Crippen LogP contribution in [-0.4, -0.2) is 12.7 Å². The third-order valence-corrected chi connectivity index (χ3v) is 2.60. The summed E-state index contributed by atoms with van der Waals surface area (Å²) in [5.41, 5.74) is 2.52. The largest absolute Gasteiger partial charge is 0.377 e. The van der Waals surface area contributed by atoms with Crippen LogP contribution in [0.25, 0.3) is 0 Å². The number of hydrogen-bond acceptors (Lipinski definition) is 3. The first kappa shape index (κ1) is 12.1. The highest BCUT2D eigenvalue weighted by molar-refractivity contribution is 5.23. The van der Waals surface area contributed by atoms with Crippen molar-refractivity contribution >= 4 is 0 Å². The van der Waals surface area contributed by atoms with E-state index in [0.717, 1.165) is 0 Å². The highest BCUT2D eigenvalue weighted by Gasteiger charge is 2.31. The van der Waals surface area contributed by atoms with E-state index in [2.05, 4.69) is 5.43 Å². The Morgan fingerprint density at radius 3 is 2.47 bits per heavy atom. The molecule has 0 fully saturated rings. The van der Waals surface area contributed by atoms with E-state index in [9.17, 15) is 4.39 Å². The average Bonchev–Trinajstić information content (AvgIpc) is 2.21. The van der Waals surface area contributed by atoms with Gasteiger partial charge in [0.15, 0.2) is 0 Å². The van der Waals surface area contributed by atoms with E-state index in [1.165, 1.54) is 6.07 Å². The molecule has 0 saturated carbocycles. The Labute approximate surface area is 89.4 Å². The van der Waals surface area contributed by atoms with E-state index in [4.69, 9.17) is 10.6 Å². The molecule has 1 atom stereocenters. The van der Waals surface area contributed by atoms with Crippen molar-refractivity contribution in [3.05, 3.63) is 35.6 Å². The molecule has 1 aromatic carbocycles. The number of ether oxygens (including phenoxy) is 1. The first-order chi connectivity index (χ1) is 7.03. The summed E-state index contributed by atoms with van der Waals surface area (Å²) in [5, 5.41) is 0. The van der Waals surface area contributed by atoms with Gasteiger partial charge in [0.2, 0.25) is 0 Å². The van der Waals surface area contributed by atoms with Gasteiger partial charge in [0.05, 0.1) is 11.6 Å². The summed E-state index contributed by atoms with van der Waals surface area (Å²) in [6, 6.07) is 6.14. The molecule has 0 bridgehead atoms. The Kier molecular flexibility index (Phi) is 3.79. The van der Waals surface area contributed by atoms with E-state index < -0.39 is 5.60 Å². The van der Waals surface area contributed by atoms with Gasteiger partial charge in [0.25, 0.3) is 0 Å². The molecule has 0 aliphatic rings. The number of hydrogen-bond donors (Lipinski definition) is 2. The molecular formula is C11H17FN2O. The van der Waals surface area contributed by atoms with Crippen LogP contribution in [0.5, 0.6) is 0 Å². The van der Waals surface area contributed by atoms with Gasteiger partial charge in [-0.3, -0.25) is 5.84 Å². The molecule has 15 heavy (non-hydrogen) atoms. The first-order valence-corrected chi connectivity index (χ1v) is 4.78. The zero-order valence-corrected chi connectivity index (χ0v) is 9.25. The molecule has 0 amide bonds. The molecule has 84 valence electrons. The third-order valence-electron chi connectivity index (χ3n) is 2.60. The molecule has 3 nitrogen and oxygen atoms in total. The number of rotatable bonds is 4. The van der Waals surface area contributed by atoms with Gasteiger partial charge in [0.1, 0.15) is 5.82 Å². The van der Waals surface area contributed by atoms with Crippen LogP contribution in [0, 0.1) is 5.82 Å². The number of nitrogens with two attached hydrogens (primary N) is 1. The summed E-state index contributed by atoms with van der Waals surface area (Å²) in [7, 11) is 1.57. The van der Waals surface area contributed by atoms with Crippen LogP contribution < -0.4 is 11.3 Å². The second kappa shape index (κ2) is 4.70. The van der Waals surface area contributed by atoms with Crippen molar-refractivity contribution in [3.63, 3.8) is 0 Å². The Balaban J connectivity index is 3.08. The number of methoxy groups -OCH3 is 1. The molecule has 0 spiro atoms. The molecule has 0 aliphatic carbocycles. The van der Waals surface area contributed by atoms with Crippen molar-refractivity contribution in [2.45, 2.75) is 25.5 Å². The smallest absolute Gasteiger partial charge is 0.128 e. The van der Waals surface area contributed by atoms with Crippen LogP contribution >= 0.6 is 0 Å². The zero-order chi connectivity index (χ0) is 11.5. The minimum atomic E-state index is -0.572. The second-order valence-corrected chi connectivity index (χ2v) is 3.93. The summed E-state index contributed by atoms with van der Waals surface area (Å²) in [4.78, 5) is 0. The topological polar surface area (TPSA) is 47.3 Å².